The molecule has 0 bridgehead atoms. The molecule has 1 aromatic carbocycles. The molecule has 2 aromatic rings. The van der Waals surface area contributed by atoms with Gasteiger partial charge in [0.05, 0.1) is 10.8 Å². The molecule has 0 aliphatic rings. The summed E-state index contributed by atoms with van der Waals surface area (Å²) in [6.45, 7) is 3.92. The normalized spacial score (nSPS) is 12.0. The van der Waals surface area contributed by atoms with E-state index in [-0.39, 0.29) is 23.7 Å². The van der Waals surface area contributed by atoms with Gasteiger partial charge in [-0.05, 0) is 35.1 Å². The topological polar surface area (TPSA) is 58.2 Å². The van der Waals surface area contributed by atoms with Crippen LogP contribution in [0.25, 0.3) is 0 Å². The highest BCUT2D eigenvalue weighted by atomic mass is 35.5. The molecule has 2 N–H and O–H groups in total. The molecule has 116 valence electrons. The minimum absolute atomic E-state index is 0.0832. The number of carbonyl (C=O) groups is 2. The molecule has 6 heteroatoms. The Morgan fingerprint density at radius 2 is 1.77 bits per heavy atom. The number of halogens is 1. The molecule has 2 rings (SSSR count). The van der Waals surface area contributed by atoms with Crippen molar-refractivity contribution < 1.29 is 9.59 Å². The molecular formula is C16H17ClN2O2S. The first-order chi connectivity index (χ1) is 10.5. The summed E-state index contributed by atoms with van der Waals surface area (Å²) in [5.74, 6) is -0.843. The highest BCUT2D eigenvalue weighted by Crippen LogP contribution is 2.25. The lowest BCUT2D eigenvalue weighted by Gasteiger charge is -2.21. The first-order valence-electron chi connectivity index (χ1n) is 6.88. The van der Waals surface area contributed by atoms with Gasteiger partial charge in [0.15, 0.2) is 0 Å². The number of rotatable bonds is 4. The maximum absolute atomic E-state index is 12.4. The van der Waals surface area contributed by atoms with E-state index in [0.717, 1.165) is 5.56 Å². The second kappa shape index (κ2) is 7.42. The van der Waals surface area contributed by atoms with Gasteiger partial charge in [0.1, 0.15) is 0 Å². The minimum atomic E-state index is -0.360. The summed E-state index contributed by atoms with van der Waals surface area (Å²) in [7, 11) is 0. The summed E-state index contributed by atoms with van der Waals surface area (Å²) < 4.78 is 0. The van der Waals surface area contributed by atoms with Crippen molar-refractivity contribution in [2.75, 3.05) is 0 Å². The fourth-order valence-electron chi connectivity index (χ4n) is 2.17. The molecule has 0 unspecified atom stereocenters. The first-order valence-corrected chi connectivity index (χ1v) is 8.14. The van der Waals surface area contributed by atoms with E-state index in [9.17, 15) is 9.59 Å². The van der Waals surface area contributed by atoms with Crippen LogP contribution in [-0.4, -0.2) is 11.8 Å². The molecule has 1 aromatic heterocycles. The van der Waals surface area contributed by atoms with Gasteiger partial charge in [0, 0.05) is 5.02 Å². The van der Waals surface area contributed by atoms with Gasteiger partial charge in [0.25, 0.3) is 5.91 Å². The summed E-state index contributed by atoms with van der Waals surface area (Å²) in [6, 6.07) is 10.6. The van der Waals surface area contributed by atoms with E-state index in [1.54, 1.807) is 29.6 Å². The predicted octanol–water partition coefficient (Wildman–Crippen LogP) is 3.60. The lowest BCUT2D eigenvalue weighted by Crippen LogP contribution is -2.44. The fourth-order valence-corrected chi connectivity index (χ4v) is 2.92. The van der Waals surface area contributed by atoms with Crippen molar-refractivity contribution >= 4 is 34.8 Å². The van der Waals surface area contributed by atoms with Crippen LogP contribution in [0.15, 0.2) is 41.8 Å². The molecule has 4 nitrogen and oxygen atoms in total. The van der Waals surface area contributed by atoms with E-state index in [4.69, 9.17) is 11.6 Å². The SMILES string of the molecule is CC(C)[C@@H](C(=O)NNC(=O)c1cccs1)c1ccc(Cl)cc1. The van der Waals surface area contributed by atoms with E-state index < -0.39 is 0 Å². The Morgan fingerprint density at radius 3 is 2.32 bits per heavy atom. The zero-order valence-electron chi connectivity index (χ0n) is 12.3. The molecule has 1 atom stereocenters. The average Bonchev–Trinajstić information content (AvgIpc) is 3.01. The van der Waals surface area contributed by atoms with Crippen LogP contribution in [0.5, 0.6) is 0 Å². The molecule has 0 fully saturated rings. The van der Waals surface area contributed by atoms with Gasteiger partial charge >= 0.3 is 0 Å². The van der Waals surface area contributed by atoms with Gasteiger partial charge in [0.2, 0.25) is 5.91 Å². The number of hydrogen-bond acceptors (Lipinski definition) is 3. The Hall–Kier alpha value is -1.85. The van der Waals surface area contributed by atoms with Crippen LogP contribution in [0.3, 0.4) is 0 Å². The zero-order chi connectivity index (χ0) is 16.1. The van der Waals surface area contributed by atoms with Crippen molar-refractivity contribution in [2.45, 2.75) is 19.8 Å². The van der Waals surface area contributed by atoms with Crippen molar-refractivity contribution in [1.82, 2.24) is 10.9 Å². The third kappa shape index (κ3) is 4.08. The summed E-state index contributed by atoms with van der Waals surface area (Å²) in [6.07, 6.45) is 0. The van der Waals surface area contributed by atoms with E-state index in [1.807, 2.05) is 26.0 Å². The van der Waals surface area contributed by atoms with Crippen molar-refractivity contribution in [1.29, 1.82) is 0 Å². The smallest absolute Gasteiger partial charge is 0.273 e. The number of hydrazine groups is 1. The van der Waals surface area contributed by atoms with Crippen molar-refractivity contribution in [3.8, 4) is 0 Å². The molecule has 0 aliphatic carbocycles. The molecular weight excluding hydrogens is 320 g/mol. The molecule has 0 spiro atoms. The van der Waals surface area contributed by atoms with E-state index in [0.29, 0.717) is 9.90 Å². The second-order valence-electron chi connectivity index (χ2n) is 5.19. The molecule has 2 amide bonds. The lowest BCUT2D eigenvalue weighted by molar-refractivity contribution is -0.124. The molecule has 0 saturated heterocycles. The van der Waals surface area contributed by atoms with E-state index in [1.165, 1.54) is 11.3 Å². The second-order valence-corrected chi connectivity index (χ2v) is 6.58. The van der Waals surface area contributed by atoms with Crippen LogP contribution in [-0.2, 0) is 4.79 Å². The maximum Gasteiger partial charge on any atom is 0.279 e. The first kappa shape index (κ1) is 16.5. The summed E-state index contributed by atoms with van der Waals surface area (Å²) >= 11 is 7.20. The highest BCUT2D eigenvalue weighted by molar-refractivity contribution is 7.12. The monoisotopic (exact) mass is 336 g/mol. The summed E-state index contributed by atoms with van der Waals surface area (Å²) in [5, 5.41) is 2.43. The predicted molar refractivity (Wildman–Crippen MR) is 89.0 cm³/mol. The Morgan fingerprint density at radius 1 is 1.09 bits per heavy atom. The quantitative estimate of drug-likeness (QED) is 0.838. The molecule has 0 saturated carbocycles. The number of carbonyl (C=O) groups excluding carboxylic acids is 2. The molecule has 1 heterocycles. The Labute approximate surface area is 138 Å². The number of nitrogens with one attached hydrogen (secondary N) is 2. The number of amides is 2. The Kier molecular flexibility index (Phi) is 5.57. The van der Waals surface area contributed by atoms with Crippen molar-refractivity contribution in [2.24, 2.45) is 5.92 Å². The fraction of sp³-hybridized carbons (Fsp3) is 0.250. The van der Waals surface area contributed by atoms with Crippen molar-refractivity contribution in [3.05, 3.63) is 57.2 Å². The van der Waals surface area contributed by atoms with Gasteiger partial charge in [-0.1, -0.05) is 43.6 Å². The van der Waals surface area contributed by atoms with Gasteiger partial charge in [-0.3, -0.25) is 20.4 Å². The maximum atomic E-state index is 12.4. The third-order valence-corrected chi connectivity index (χ3v) is 4.34. The third-order valence-electron chi connectivity index (χ3n) is 3.22. The van der Waals surface area contributed by atoms with Gasteiger partial charge in [-0.2, -0.15) is 0 Å². The largest absolute Gasteiger partial charge is 0.279 e. The highest BCUT2D eigenvalue weighted by Gasteiger charge is 2.24. The van der Waals surface area contributed by atoms with Gasteiger partial charge in [-0.25, -0.2) is 0 Å². The summed E-state index contributed by atoms with van der Waals surface area (Å²) in [5.41, 5.74) is 5.81. The van der Waals surface area contributed by atoms with Gasteiger partial charge in [-0.15, -0.1) is 11.3 Å². The van der Waals surface area contributed by atoms with Crippen LogP contribution >= 0.6 is 22.9 Å². The van der Waals surface area contributed by atoms with Crippen LogP contribution in [0.2, 0.25) is 5.02 Å². The summed E-state index contributed by atoms with van der Waals surface area (Å²) in [4.78, 5) is 24.8. The standard InChI is InChI=1S/C16H17ClN2O2S/c1-10(2)14(11-5-7-12(17)8-6-11)16(21)19-18-15(20)13-4-3-9-22-13/h3-10,14H,1-2H3,(H,18,20)(H,19,21)/t14-/m1/s1. The number of benzene rings is 1. The minimum Gasteiger partial charge on any atom is -0.273 e. The van der Waals surface area contributed by atoms with Crippen LogP contribution < -0.4 is 10.9 Å². The van der Waals surface area contributed by atoms with E-state index >= 15 is 0 Å². The van der Waals surface area contributed by atoms with Crippen LogP contribution in [0.1, 0.15) is 35.0 Å². The van der Waals surface area contributed by atoms with Crippen LogP contribution in [0, 0.1) is 5.92 Å². The van der Waals surface area contributed by atoms with Gasteiger partial charge < -0.3 is 0 Å². The zero-order valence-corrected chi connectivity index (χ0v) is 13.9. The Balaban J connectivity index is 2.04. The lowest BCUT2D eigenvalue weighted by atomic mass is 9.88. The Bertz CT molecular complexity index is 639. The molecule has 0 radical (unpaired) electrons. The molecule has 22 heavy (non-hydrogen) atoms. The average molecular weight is 337 g/mol. The number of thiophene rings is 1. The van der Waals surface area contributed by atoms with Crippen molar-refractivity contribution in [3.63, 3.8) is 0 Å². The number of hydrogen-bond donors (Lipinski definition) is 2. The van der Waals surface area contributed by atoms with Crippen LogP contribution in [0.4, 0.5) is 0 Å². The molecule has 0 aliphatic heterocycles. The van der Waals surface area contributed by atoms with E-state index in [2.05, 4.69) is 10.9 Å².